The van der Waals surface area contributed by atoms with E-state index in [-0.39, 0.29) is 29.5 Å². The lowest BCUT2D eigenvalue weighted by Crippen LogP contribution is -2.28. The Hall–Kier alpha value is -3.62. The molecule has 1 aliphatic heterocycles. The fourth-order valence-corrected chi connectivity index (χ4v) is 3.29. The van der Waals surface area contributed by atoms with Gasteiger partial charge in [0.1, 0.15) is 11.5 Å². The predicted molar refractivity (Wildman–Crippen MR) is 97.5 cm³/mol. The van der Waals surface area contributed by atoms with Crippen LogP contribution in [0.15, 0.2) is 42.6 Å². The third-order valence-electron chi connectivity index (χ3n) is 4.81. The van der Waals surface area contributed by atoms with Crippen LogP contribution in [0.2, 0.25) is 0 Å². The second-order valence-corrected chi connectivity index (χ2v) is 6.59. The average molecular weight is 381 g/mol. The molecule has 2 aromatic heterocycles. The van der Waals surface area contributed by atoms with Gasteiger partial charge in [0.05, 0.1) is 35.5 Å². The SMILES string of the molecule is Cn1ncc2c1CN(C(=O)Cc1nc(-c3ccc(F)cc3)ccc1[N+](=O)[O-])C2. The highest BCUT2D eigenvalue weighted by molar-refractivity contribution is 5.80. The molecule has 1 aromatic carbocycles. The van der Waals surface area contributed by atoms with Crippen molar-refractivity contribution in [3.05, 3.63) is 75.5 Å². The molecule has 0 spiro atoms. The number of benzene rings is 1. The fourth-order valence-electron chi connectivity index (χ4n) is 3.29. The van der Waals surface area contributed by atoms with Crippen LogP contribution in [0.5, 0.6) is 0 Å². The van der Waals surface area contributed by atoms with E-state index in [0.717, 1.165) is 11.3 Å². The van der Waals surface area contributed by atoms with Gasteiger partial charge >= 0.3 is 0 Å². The molecule has 4 rings (SSSR count). The molecule has 142 valence electrons. The lowest BCUT2D eigenvalue weighted by atomic mass is 10.1. The second-order valence-electron chi connectivity index (χ2n) is 6.59. The van der Waals surface area contributed by atoms with Gasteiger partial charge in [-0.3, -0.25) is 19.6 Å². The first-order valence-electron chi connectivity index (χ1n) is 8.60. The van der Waals surface area contributed by atoms with Crippen LogP contribution in [-0.4, -0.2) is 30.5 Å². The van der Waals surface area contributed by atoms with E-state index >= 15 is 0 Å². The Morgan fingerprint density at radius 1 is 1.21 bits per heavy atom. The summed E-state index contributed by atoms with van der Waals surface area (Å²) < 4.78 is 14.9. The van der Waals surface area contributed by atoms with E-state index < -0.39 is 4.92 Å². The van der Waals surface area contributed by atoms with E-state index in [0.29, 0.717) is 24.3 Å². The van der Waals surface area contributed by atoms with Gasteiger partial charge in [-0.15, -0.1) is 0 Å². The summed E-state index contributed by atoms with van der Waals surface area (Å²) in [6.45, 7) is 0.837. The highest BCUT2D eigenvalue weighted by atomic mass is 19.1. The predicted octanol–water partition coefficient (Wildman–Crippen LogP) is 2.61. The highest BCUT2D eigenvalue weighted by Gasteiger charge is 2.28. The Labute approximate surface area is 159 Å². The first-order valence-corrected chi connectivity index (χ1v) is 8.60. The summed E-state index contributed by atoms with van der Waals surface area (Å²) in [5.74, 6) is -0.632. The molecule has 8 nitrogen and oxygen atoms in total. The molecule has 3 aromatic rings. The van der Waals surface area contributed by atoms with Crippen molar-refractivity contribution >= 4 is 11.6 Å². The van der Waals surface area contributed by atoms with Crippen molar-refractivity contribution < 1.29 is 14.1 Å². The van der Waals surface area contributed by atoms with Crippen LogP contribution in [0.4, 0.5) is 10.1 Å². The molecule has 0 atom stereocenters. The van der Waals surface area contributed by atoms with Crippen LogP contribution in [0.25, 0.3) is 11.3 Å². The van der Waals surface area contributed by atoms with Crippen LogP contribution in [0, 0.1) is 15.9 Å². The van der Waals surface area contributed by atoms with Gasteiger partial charge in [0, 0.05) is 30.8 Å². The maximum Gasteiger partial charge on any atom is 0.291 e. The van der Waals surface area contributed by atoms with Gasteiger partial charge in [-0.2, -0.15) is 5.10 Å². The number of carbonyl (C=O) groups excluding carboxylic acids is 1. The van der Waals surface area contributed by atoms with Gasteiger partial charge in [-0.05, 0) is 30.3 Å². The number of aryl methyl sites for hydroxylation is 1. The van der Waals surface area contributed by atoms with Gasteiger partial charge < -0.3 is 4.90 Å². The zero-order chi connectivity index (χ0) is 19.8. The third-order valence-corrected chi connectivity index (χ3v) is 4.81. The van der Waals surface area contributed by atoms with Gasteiger partial charge in [0.15, 0.2) is 0 Å². The number of hydrogen-bond donors (Lipinski definition) is 0. The normalized spacial score (nSPS) is 12.9. The Kier molecular flexibility index (Phi) is 4.34. The highest BCUT2D eigenvalue weighted by Crippen LogP contribution is 2.26. The molecule has 1 aliphatic rings. The molecular formula is C19H16FN5O3. The molecule has 0 aliphatic carbocycles. The fraction of sp³-hybridized carbons (Fsp3) is 0.211. The van der Waals surface area contributed by atoms with Crippen LogP contribution in [0.1, 0.15) is 17.0 Å². The maximum absolute atomic E-state index is 13.1. The van der Waals surface area contributed by atoms with Crippen LogP contribution in [-0.2, 0) is 31.4 Å². The van der Waals surface area contributed by atoms with Crippen molar-refractivity contribution in [3.8, 4) is 11.3 Å². The molecule has 0 bridgehead atoms. The third kappa shape index (κ3) is 3.22. The molecule has 0 saturated carbocycles. The number of fused-ring (bicyclic) bond motifs is 1. The molecule has 3 heterocycles. The van der Waals surface area contributed by atoms with E-state index in [1.54, 1.807) is 27.9 Å². The zero-order valence-electron chi connectivity index (χ0n) is 15.0. The summed E-state index contributed by atoms with van der Waals surface area (Å²) in [6, 6.07) is 8.49. The minimum absolute atomic E-state index is 0.0888. The molecule has 9 heteroatoms. The van der Waals surface area contributed by atoms with Gasteiger partial charge in [-0.1, -0.05) is 0 Å². The standard InChI is InChI=1S/C19H16FN5O3/c1-23-18-11-24(10-13(18)9-21-23)19(26)8-16-17(25(27)28)7-6-15(22-16)12-2-4-14(20)5-3-12/h2-7,9H,8,10-11H2,1H3. The first-order chi connectivity index (χ1) is 13.4. The van der Waals surface area contributed by atoms with Crippen LogP contribution in [0.3, 0.4) is 0 Å². The minimum Gasteiger partial charge on any atom is -0.332 e. The van der Waals surface area contributed by atoms with E-state index in [9.17, 15) is 19.3 Å². The molecule has 28 heavy (non-hydrogen) atoms. The number of pyridine rings is 1. The Morgan fingerprint density at radius 3 is 2.64 bits per heavy atom. The zero-order valence-corrected chi connectivity index (χ0v) is 15.0. The molecule has 0 N–H and O–H groups in total. The van der Waals surface area contributed by atoms with Gasteiger partial charge in [-0.25, -0.2) is 9.37 Å². The molecule has 0 unspecified atom stereocenters. The maximum atomic E-state index is 13.1. The number of nitro groups is 1. The molecule has 0 fully saturated rings. The van der Waals surface area contributed by atoms with Crippen molar-refractivity contribution in [3.63, 3.8) is 0 Å². The monoisotopic (exact) mass is 381 g/mol. The van der Waals surface area contributed by atoms with Crippen LogP contribution < -0.4 is 0 Å². The lowest BCUT2D eigenvalue weighted by Gasteiger charge is -2.16. The molecule has 0 saturated heterocycles. The Balaban J connectivity index is 1.60. The van der Waals surface area contributed by atoms with Gasteiger partial charge in [0.2, 0.25) is 5.91 Å². The summed E-state index contributed by atoms with van der Waals surface area (Å²) in [4.78, 5) is 29.5. The van der Waals surface area contributed by atoms with E-state index in [1.807, 2.05) is 7.05 Å². The first kappa shape index (κ1) is 17.8. The molecular weight excluding hydrogens is 365 g/mol. The summed E-state index contributed by atoms with van der Waals surface area (Å²) in [6.07, 6.45) is 1.53. The summed E-state index contributed by atoms with van der Waals surface area (Å²) in [5.41, 5.74) is 2.87. The van der Waals surface area contributed by atoms with E-state index in [4.69, 9.17) is 0 Å². The van der Waals surface area contributed by atoms with Crippen molar-refractivity contribution in [2.24, 2.45) is 7.05 Å². The number of carbonyl (C=O) groups is 1. The Bertz CT molecular complexity index is 1080. The second kappa shape index (κ2) is 6.84. The number of amides is 1. The van der Waals surface area contributed by atoms with Crippen molar-refractivity contribution in [2.75, 3.05) is 0 Å². The lowest BCUT2D eigenvalue weighted by molar-refractivity contribution is -0.385. The van der Waals surface area contributed by atoms with E-state index in [2.05, 4.69) is 10.1 Å². The van der Waals surface area contributed by atoms with Crippen LogP contribution >= 0.6 is 0 Å². The molecule has 0 radical (unpaired) electrons. The largest absolute Gasteiger partial charge is 0.332 e. The topological polar surface area (TPSA) is 94.2 Å². The smallest absolute Gasteiger partial charge is 0.291 e. The Morgan fingerprint density at radius 2 is 1.96 bits per heavy atom. The average Bonchev–Trinajstić information content (AvgIpc) is 3.24. The summed E-state index contributed by atoms with van der Waals surface area (Å²) >= 11 is 0. The van der Waals surface area contributed by atoms with Crippen molar-refractivity contribution in [1.82, 2.24) is 19.7 Å². The number of aromatic nitrogens is 3. The number of halogens is 1. The quantitative estimate of drug-likeness (QED) is 0.511. The number of nitrogens with zero attached hydrogens (tertiary/aromatic N) is 5. The number of hydrogen-bond acceptors (Lipinski definition) is 5. The number of rotatable bonds is 4. The molecule has 1 amide bonds. The summed E-state index contributed by atoms with van der Waals surface area (Å²) in [5, 5.41) is 15.5. The van der Waals surface area contributed by atoms with Crippen molar-refractivity contribution in [1.29, 1.82) is 0 Å². The van der Waals surface area contributed by atoms with Gasteiger partial charge in [0.25, 0.3) is 5.69 Å². The minimum atomic E-state index is -0.549. The van der Waals surface area contributed by atoms with E-state index in [1.165, 1.54) is 24.3 Å². The van der Waals surface area contributed by atoms with Crippen molar-refractivity contribution in [2.45, 2.75) is 19.5 Å². The summed E-state index contributed by atoms with van der Waals surface area (Å²) in [7, 11) is 1.81.